The zero-order chi connectivity index (χ0) is 12.0. The fourth-order valence-electron chi connectivity index (χ4n) is 0.882. The Hall–Kier alpha value is -2.02. The molecule has 84 valence electrons. The van der Waals surface area contributed by atoms with Gasteiger partial charge in [-0.3, -0.25) is 0 Å². The Labute approximate surface area is 94.6 Å². The molecule has 1 rings (SSSR count). The van der Waals surface area contributed by atoms with Crippen LogP contribution < -0.4 is 4.74 Å². The Bertz CT molecular complexity index is 392. The summed E-state index contributed by atoms with van der Waals surface area (Å²) in [5, 5.41) is 0. The van der Waals surface area contributed by atoms with E-state index in [1.54, 1.807) is 38.1 Å². The Morgan fingerprint density at radius 2 is 2.00 bits per heavy atom. The third-order valence-corrected chi connectivity index (χ3v) is 1.79. The lowest BCUT2D eigenvalue weighted by Gasteiger charge is -2.11. The average Bonchev–Trinajstić information content (AvgIpc) is 2.28. The van der Waals surface area contributed by atoms with Crippen LogP contribution in [0.3, 0.4) is 0 Å². The molecule has 4 heteroatoms. The number of benzene rings is 1. The number of hydrogen-bond acceptors (Lipinski definition) is 3. The Kier molecular flexibility index (Phi) is 3.90. The molecular weight excluding hydrogens is 206 g/mol. The first kappa shape index (κ1) is 12.1. The standard InChI is InChI=1S/C12H13NO3/c1-12(2,13-3)9-15-11(14)16-10-7-5-4-6-8-10/h4-8H,9H2,1-2H3. The molecule has 1 aromatic rings. The maximum Gasteiger partial charge on any atom is 0.514 e. The van der Waals surface area contributed by atoms with E-state index in [1.807, 2.05) is 6.07 Å². The molecule has 0 bridgehead atoms. The van der Waals surface area contributed by atoms with Crippen molar-refractivity contribution in [3.8, 4) is 5.75 Å². The predicted octanol–water partition coefficient (Wildman–Crippen LogP) is 2.90. The van der Waals surface area contributed by atoms with Gasteiger partial charge in [0.2, 0.25) is 0 Å². The number of rotatable bonds is 3. The third-order valence-electron chi connectivity index (χ3n) is 1.79. The molecule has 0 aromatic heterocycles. The highest BCUT2D eigenvalue weighted by Crippen LogP contribution is 2.12. The van der Waals surface area contributed by atoms with E-state index in [2.05, 4.69) is 4.85 Å². The normalized spacial score (nSPS) is 10.3. The summed E-state index contributed by atoms with van der Waals surface area (Å²) in [4.78, 5) is 14.5. The first-order chi connectivity index (χ1) is 7.53. The Balaban J connectivity index is 2.41. The van der Waals surface area contributed by atoms with Crippen molar-refractivity contribution in [2.45, 2.75) is 19.4 Å². The van der Waals surface area contributed by atoms with Crippen molar-refractivity contribution >= 4 is 6.16 Å². The van der Waals surface area contributed by atoms with Gasteiger partial charge in [-0.15, -0.1) is 0 Å². The molecule has 0 amide bonds. The lowest BCUT2D eigenvalue weighted by molar-refractivity contribution is 0.0879. The van der Waals surface area contributed by atoms with Crippen molar-refractivity contribution < 1.29 is 14.3 Å². The maximum atomic E-state index is 11.2. The van der Waals surface area contributed by atoms with E-state index >= 15 is 0 Å². The van der Waals surface area contributed by atoms with Gasteiger partial charge in [-0.25, -0.2) is 11.4 Å². The van der Waals surface area contributed by atoms with E-state index in [-0.39, 0.29) is 6.61 Å². The summed E-state index contributed by atoms with van der Waals surface area (Å²) in [5.41, 5.74) is -0.713. The number of ether oxygens (including phenoxy) is 2. The van der Waals surface area contributed by atoms with Crippen molar-refractivity contribution in [1.29, 1.82) is 0 Å². The monoisotopic (exact) mass is 219 g/mol. The van der Waals surface area contributed by atoms with Gasteiger partial charge in [0, 0.05) is 13.8 Å². The summed E-state index contributed by atoms with van der Waals surface area (Å²) in [7, 11) is 0. The van der Waals surface area contributed by atoms with Gasteiger partial charge in [0.05, 0.1) is 0 Å². The number of hydrogen-bond donors (Lipinski definition) is 0. The first-order valence-corrected chi connectivity index (χ1v) is 4.82. The molecule has 1 aromatic carbocycles. The van der Waals surface area contributed by atoms with Gasteiger partial charge < -0.3 is 14.3 Å². The third kappa shape index (κ3) is 4.01. The second kappa shape index (κ2) is 5.17. The SMILES string of the molecule is [C-]#[N+]C(C)(C)COC(=O)Oc1ccccc1. The minimum atomic E-state index is -0.789. The van der Waals surface area contributed by atoms with E-state index < -0.39 is 11.7 Å². The topological polar surface area (TPSA) is 39.9 Å². The summed E-state index contributed by atoms with van der Waals surface area (Å²) in [6, 6.07) is 8.64. The van der Waals surface area contributed by atoms with Crippen molar-refractivity contribution in [2.24, 2.45) is 0 Å². The molecule has 4 nitrogen and oxygen atoms in total. The van der Waals surface area contributed by atoms with Gasteiger partial charge in [0.25, 0.3) is 5.54 Å². The van der Waals surface area contributed by atoms with Crippen LogP contribution in [0.15, 0.2) is 30.3 Å². The molecule has 0 aliphatic carbocycles. The van der Waals surface area contributed by atoms with Crippen LogP contribution in [-0.4, -0.2) is 18.3 Å². The molecular formula is C12H13NO3. The van der Waals surface area contributed by atoms with E-state index in [4.69, 9.17) is 16.0 Å². The van der Waals surface area contributed by atoms with Crippen LogP contribution in [0.2, 0.25) is 0 Å². The average molecular weight is 219 g/mol. The first-order valence-electron chi connectivity index (χ1n) is 4.82. The fourth-order valence-corrected chi connectivity index (χ4v) is 0.882. The van der Waals surface area contributed by atoms with Gasteiger partial charge in [0.1, 0.15) is 5.75 Å². The summed E-state index contributed by atoms with van der Waals surface area (Å²) >= 11 is 0. The Morgan fingerprint density at radius 1 is 1.38 bits per heavy atom. The second-order valence-corrected chi connectivity index (χ2v) is 3.88. The molecule has 0 unspecified atom stereocenters. The molecule has 0 saturated heterocycles. The number of nitrogens with zero attached hydrogens (tertiary/aromatic N) is 1. The van der Waals surface area contributed by atoms with Gasteiger partial charge in [-0.05, 0) is 12.1 Å². The van der Waals surface area contributed by atoms with Crippen LogP contribution in [0.5, 0.6) is 5.75 Å². The van der Waals surface area contributed by atoms with E-state index in [0.717, 1.165) is 0 Å². The molecule has 0 aliphatic heterocycles. The van der Waals surface area contributed by atoms with Crippen molar-refractivity contribution in [1.82, 2.24) is 0 Å². The quantitative estimate of drug-likeness (QED) is 0.446. The smallest absolute Gasteiger partial charge is 0.425 e. The van der Waals surface area contributed by atoms with Gasteiger partial charge in [-0.2, -0.15) is 0 Å². The highest BCUT2D eigenvalue weighted by Gasteiger charge is 2.25. The molecule has 0 radical (unpaired) electrons. The molecule has 0 spiro atoms. The van der Waals surface area contributed by atoms with Crippen LogP contribution >= 0.6 is 0 Å². The number of carbonyl (C=O) groups is 1. The van der Waals surface area contributed by atoms with Crippen LogP contribution in [0.1, 0.15) is 13.8 Å². The summed E-state index contributed by atoms with van der Waals surface area (Å²) in [6.45, 7) is 10.3. The molecule has 16 heavy (non-hydrogen) atoms. The molecule has 0 aliphatic rings. The molecule has 0 saturated carbocycles. The molecule has 0 atom stereocenters. The number of para-hydroxylation sites is 1. The van der Waals surface area contributed by atoms with Crippen LogP contribution in [0.4, 0.5) is 4.79 Å². The number of carbonyl (C=O) groups excluding carboxylic acids is 1. The van der Waals surface area contributed by atoms with Crippen LogP contribution in [0, 0.1) is 6.57 Å². The fraction of sp³-hybridized carbons (Fsp3) is 0.333. The predicted molar refractivity (Wildman–Crippen MR) is 59.1 cm³/mol. The van der Waals surface area contributed by atoms with Gasteiger partial charge in [0.15, 0.2) is 6.61 Å². The lowest BCUT2D eigenvalue weighted by Crippen LogP contribution is -2.25. The minimum absolute atomic E-state index is 0.0160. The van der Waals surface area contributed by atoms with Crippen LogP contribution in [-0.2, 0) is 4.74 Å². The van der Waals surface area contributed by atoms with Crippen molar-refractivity contribution in [3.63, 3.8) is 0 Å². The largest absolute Gasteiger partial charge is 0.514 e. The van der Waals surface area contributed by atoms with E-state index in [1.165, 1.54) is 0 Å². The van der Waals surface area contributed by atoms with Crippen LogP contribution in [0.25, 0.3) is 4.85 Å². The zero-order valence-electron chi connectivity index (χ0n) is 9.27. The zero-order valence-corrected chi connectivity index (χ0v) is 9.27. The Morgan fingerprint density at radius 3 is 2.56 bits per heavy atom. The molecule has 0 heterocycles. The second-order valence-electron chi connectivity index (χ2n) is 3.88. The van der Waals surface area contributed by atoms with Crippen molar-refractivity contribution in [3.05, 3.63) is 41.7 Å². The highest BCUT2D eigenvalue weighted by molar-refractivity contribution is 5.63. The lowest BCUT2D eigenvalue weighted by atomic mass is 10.1. The minimum Gasteiger partial charge on any atom is -0.425 e. The van der Waals surface area contributed by atoms with Crippen molar-refractivity contribution in [2.75, 3.05) is 6.61 Å². The molecule has 0 N–H and O–H groups in total. The van der Waals surface area contributed by atoms with E-state index in [0.29, 0.717) is 5.75 Å². The molecule has 0 fully saturated rings. The van der Waals surface area contributed by atoms with Gasteiger partial charge >= 0.3 is 6.16 Å². The highest BCUT2D eigenvalue weighted by atomic mass is 16.7. The summed E-state index contributed by atoms with van der Waals surface area (Å²) < 4.78 is 9.72. The van der Waals surface area contributed by atoms with Gasteiger partial charge in [-0.1, -0.05) is 18.2 Å². The summed E-state index contributed by atoms with van der Waals surface area (Å²) in [6.07, 6.45) is -0.789. The van der Waals surface area contributed by atoms with E-state index in [9.17, 15) is 4.79 Å². The summed E-state index contributed by atoms with van der Waals surface area (Å²) in [5.74, 6) is 0.424. The maximum absolute atomic E-state index is 11.2.